The van der Waals surface area contributed by atoms with Crippen LogP contribution in [-0.4, -0.2) is 42.5 Å². The van der Waals surface area contributed by atoms with Crippen molar-refractivity contribution in [1.29, 1.82) is 0 Å². The number of rotatable bonds is 6. The van der Waals surface area contributed by atoms with Crippen molar-refractivity contribution in [3.8, 4) is 0 Å². The maximum absolute atomic E-state index is 12.1. The molecule has 2 amide bonds. The van der Waals surface area contributed by atoms with Crippen molar-refractivity contribution in [2.75, 3.05) is 25.0 Å². The van der Waals surface area contributed by atoms with Crippen LogP contribution in [-0.2, 0) is 14.3 Å². The lowest BCUT2D eigenvalue weighted by atomic mass is 10.2. The minimum absolute atomic E-state index is 0.0657. The summed E-state index contributed by atoms with van der Waals surface area (Å²) in [5, 5.41) is 3.46. The Bertz CT molecular complexity index is 554. The van der Waals surface area contributed by atoms with Gasteiger partial charge in [-0.25, -0.2) is 0 Å². The lowest BCUT2D eigenvalue weighted by molar-refractivity contribution is -0.130. The number of ether oxygens (including phenoxy) is 1. The van der Waals surface area contributed by atoms with Gasteiger partial charge >= 0.3 is 0 Å². The van der Waals surface area contributed by atoms with Crippen molar-refractivity contribution in [2.24, 2.45) is 0 Å². The molecule has 7 heteroatoms. The molecule has 1 aromatic carbocycles. The number of nitrogens with one attached hydrogen (secondary N) is 1. The maximum Gasteiger partial charge on any atom is 0.226 e. The van der Waals surface area contributed by atoms with Gasteiger partial charge in [0.15, 0.2) is 0 Å². The summed E-state index contributed by atoms with van der Waals surface area (Å²) in [6, 6.07) is 5.02. The Balaban J connectivity index is 1.87. The normalized spacial score (nSPS) is 17.1. The number of hydrogen-bond acceptors (Lipinski definition) is 3. The molecule has 1 aromatic rings. The number of carbonyl (C=O) groups excluding carboxylic acids is 2. The highest BCUT2D eigenvalue weighted by Crippen LogP contribution is 2.29. The molecular formula is C16H20Cl2N2O3. The topological polar surface area (TPSA) is 58.6 Å². The molecule has 1 unspecified atom stereocenters. The fourth-order valence-corrected chi connectivity index (χ4v) is 2.96. The summed E-state index contributed by atoms with van der Waals surface area (Å²) in [7, 11) is 0. The summed E-state index contributed by atoms with van der Waals surface area (Å²) in [5.41, 5.74) is 0.398. The second-order valence-corrected chi connectivity index (χ2v) is 6.31. The van der Waals surface area contributed by atoms with Crippen molar-refractivity contribution < 1.29 is 14.3 Å². The number of amides is 2. The smallest absolute Gasteiger partial charge is 0.226 e. The first-order valence-corrected chi connectivity index (χ1v) is 8.34. The molecular weight excluding hydrogens is 339 g/mol. The minimum atomic E-state index is -0.237. The molecule has 1 heterocycles. The van der Waals surface area contributed by atoms with Gasteiger partial charge in [-0.05, 0) is 25.0 Å². The van der Waals surface area contributed by atoms with Gasteiger partial charge in [-0.1, -0.05) is 29.3 Å². The first kappa shape index (κ1) is 18.0. The van der Waals surface area contributed by atoms with Crippen molar-refractivity contribution in [1.82, 2.24) is 4.90 Å². The Morgan fingerprint density at radius 3 is 2.61 bits per heavy atom. The number of carbonyl (C=O) groups is 2. The second kappa shape index (κ2) is 8.52. The van der Waals surface area contributed by atoms with Crippen LogP contribution in [0.3, 0.4) is 0 Å². The molecule has 5 nitrogen and oxygen atoms in total. The SMILES string of the molecule is CC(=O)N(CCC(=O)Nc1c(Cl)cccc1Cl)CC1CCCO1. The number of halogens is 2. The second-order valence-electron chi connectivity index (χ2n) is 5.49. The fraction of sp³-hybridized carbons (Fsp3) is 0.500. The van der Waals surface area contributed by atoms with E-state index in [1.54, 1.807) is 23.1 Å². The van der Waals surface area contributed by atoms with E-state index in [0.717, 1.165) is 19.4 Å². The van der Waals surface area contributed by atoms with Gasteiger partial charge in [0, 0.05) is 33.0 Å². The van der Waals surface area contributed by atoms with Crippen molar-refractivity contribution >= 4 is 40.7 Å². The molecule has 1 aliphatic rings. The standard InChI is InChI=1S/C16H20Cl2N2O3/c1-11(21)20(10-12-4-3-9-23-12)8-7-15(22)19-16-13(17)5-2-6-14(16)18/h2,5-6,12H,3-4,7-10H2,1H3,(H,19,22). The van der Waals surface area contributed by atoms with Gasteiger partial charge in [0.25, 0.3) is 0 Å². The Morgan fingerprint density at radius 1 is 1.35 bits per heavy atom. The van der Waals surface area contributed by atoms with Crippen LogP contribution < -0.4 is 5.32 Å². The van der Waals surface area contributed by atoms with Gasteiger partial charge in [-0.2, -0.15) is 0 Å². The van der Waals surface area contributed by atoms with E-state index in [1.807, 2.05) is 0 Å². The lowest BCUT2D eigenvalue weighted by Gasteiger charge is -2.24. The summed E-state index contributed by atoms with van der Waals surface area (Å²) in [6.07, 6.45) is 2.21. The first-order valence-electron chi connectivity index (χ1n) is 7.58. The van der Waals surface area contributed by atoms with Crippen LogP contribution >= 0.6 is 23.2 Å². The molecule has 1 atom stereocenters. The average Bonchev–Trinajstić information content (AvgIpc) is 3.00. The van der Waals surface area contributed by atoms with E-state index in [1.165, 1.54) is 6.92 Å². The molecule has 126 valence electrons. The molecule has 23 heavy (non-hydrogen) atoms. The number of benzene rings is 1. The Labute approximate surface area is 145 Å². The third kappa shape index (κ3) is 5.37. The third-order valence-corrected chi connectivity index (χ3v) is 4.36. The minimum Gasteiger partial charge on any atom is -0.376 e. The quantitative estimate of drug-likeness (QED) is 0.848. The molecule has 1 N–H and O–H groups in total. The zero-order valence-corrected chi connectivity index (χ0v) is 14.5. The molecule has 0 aliphatic carbocycles. The average molecular weight is 359 g/mol. The predicted octanol–water partition coefficient (Wildman–Crippen LogP) is 3.35. The maximum atomic E-state index is 12.1. The Morgan fingerprint density at radius 2 is 2.04 bits per heavy atom. The largest absolute Gasteiger partial charge is 0.376 e. The van der Waals surface area contributed by atoms with Gasteiger partial charge in [-0.3, -0.25) is 9.59 Å². The fourth-order valence-electron chi connectivity index (χ4n) is 2.47. The van der Waals surface area contributed by atoms with Crippen LogP contribution in [0.5, 0.6) is 0 Å². The summed E-state index contributed by atoms with van der Waals surface area (Å²) >= 11 is 12.0. The summed E-state index contributed by atoms with van der Waals surface area (Å²) in [4.78, 5) is 25.4. The number of anilines is 1. The summed E-state index contributed by atoms with van der Waals surface area (Å²) in [6.45, 7) is 3.10. The van der Waals surface area contributed by atoms with Gasteiger partial charge in [0.1, 0.15) is 0 Å². The molecule has 0 spiro atoms. The molecule has 0 bridgehead atoms. The number of hydrogen-bond donors (Lipinski definition) is 1. The van der Waals surface area contributed by atoms with Crippen LogP contribution in [0.15, 0.2) is 18.2 Å². The summed E-state index contributed by atoms with van der Waals surface area (Å²) < 4.78 is 5.54. The van der Waals surface area contributed by atoms with Gasteiger partial charge in [-0.15, -0.1) is 0 Å². The molecule has 0 saturated carbocycles. The van der Waals surface area contributed by atoms with Crippen molar-refractivity contribution in [3.63, 3.8) is 0 Å². The molecule has 2 rings (SSSR count). The van der Waals surface area contributed by atoms with Crippen LogP contribution in [0.25, 0.3) is 0 Å². The molecule has 1 aliphatic heterocycles. The highest BCUT2D eigenvalue weighted by Gasteiger charge is 2.21. The first-order chi connectivity index (χ1) is 11.0. The van der Waals surface area contributed by atoms with Crippen molar-refractivity contribution in [2.45, 2.75) is 32.3 Å². The Kier molecular flexibility index (Phi) is 6.69. The van der Waals surface area contributed by atoms with Gasteiger partial charge in [0.05, 0.1) is 21.8 Å². The zero-order chi connectivity index (χ0) is 16.8. The lowest BCUT2D eigenvalue weighted by Crippen LogP contribution is -2.37. The third-order valence-electron chi connectivity index (χ3n) is 3.73. The predicted molar refractivity (Wildman–Crippen MR) is 90.9 cm³/mol. The van der Waals surface area contributed by atoms with Gasteiger partial charge < -0.3 is 15.0 Å². The van der Waals surface area contributed by atoms with Crippen molar-refractivity contribution in [3.05, 3.63) is 28.2 Å². The highest BCUT2D eigenvalue weighted by molar-refractivity contribution is 6.39. The monoisotopic (exact) mass is 358 g/mol. The van der Waals surface area contributed by atoms with Crippen LogP contribution in [0.2, 0.25) is 10.0 Å². The van der Waals surface area contributed by atoms with E-state index >= 15 is 0 Å². The summed E-state index contributed by atoms with van der Waals surface area (Å²) in [5.74, 6) is -0.303. The number of nitrogens with zero attached hydrogens (tertiary/aromatic N) is 1. The van der Waals surface area contributed by atoms with E-state index in [4.69, 9.17) is 27.9 Å². The number of para-hydroxylation sites is 1. The van der Waals surface area contributed by atoms with Crippen LogP contribution in [0.4, 0.5) is 5.69 Å². The van der Waals surface area contributed by atoms with Crippen LogP contribution in [0, 0.1) is 0 Å². The zero-order valence-electron chi connectivity index (χ0n) is 13.0. The van der Waals surface area contributed by atoms with E-state index < -0.39 is 0 Å². The molecule has 1 fully saturated rings. The van der Waals surface area contributed by atoms with E-state index in [9.17, 15) is 9.59 Å². The molecule has 1 saturated heterocycles. The van der Waals surface area contributed by atoms with Crippen LogP contribution in [0.1, 0.15) is 26.2 Å². The van der Waals surface area contributed by atoms with E-state index in [0.29, 0.717) is 28.8 Å². The molecule has 0 aromatic heterocycles. The van der Waals surface area contributed by atoms with E-state index in [2.05, 4.69) is 5.32 Å². The highest BCUT2D eigenvalue weighted by atomic mass is 35.5. The Hall–Kier alpha value is -1.30. The van der Waals surface area contributed by atoms with Gasteiger partial charge in [0.2, 0.25) is 11.8 Å². The molecule has 0 radical (unpaired) electrons. The van der Waals surface area contributed by atoms with E-state index in [-0.39, 0.29) is 24.3 Å².